The molecule has 3 rings (SSSR count). The van der Waals surface area contributed by atoms with Crippen LogP contribution in [-0.4, -0.2) is 46.9 Å². The minimum atomic E-state index is -4.74. The van der Waals surface area contributed by atoms with E-state index in [0.29, 0.717) is 15.0 Å². The zero-order chi connectivity index (χ0) is 24.8. The summed E-state index contributed by atoms with van der Waals surface area (Å²) in [5.74, 6) is 0. The van der Waals surface area contributed by atoms with Crippen LogP contribution in [0.1, 0.15) is 44.1 Å². The fraction of sp³-hybridized carbons (Fsp3) is 0.600. The van der Waals surface area contributed by atoms with Gasteiger partial charge in [-0.3, -0.25) is 9.36 Å². The van der Waals surface area contributed by atoms with Gasteiger partial charge in [-0.15, -0.1) is 11.3 Å². The monoisotopic (exact) mass is 490 g/mol. The predicted octanol–water partition coefficient (Wildman–Crippen LogP) is 3.09. The fourth-order valence-electron chi connectivity index (χ4n) is 3.44. The first-order valence-corrected chi connectivity index (χ1v) is 10.9. The largest absolute Gasteiger partial charge is 0.443 e. The third-order valence-corrected chi connectivity index (χ3v) is 6.43. The van der Waals surface area contributed by atoms with Crippen molar-refractivity contribution < 1.29 is 27.4 Å². The van der Waals surface area contributed by atoms with Crippen LogP contribution in [0.5, 0.6) is 0 Å². The number of methoxy groups -OCH3 is 1. The van der Waals surface area contributed by atoms with Crippen LogP contribution < -0.4 is 16.7 Å². The number of hydrazone groups is 1. The van der Waals surface area contributed by atoms with E-state index >= 15 is 0 Å². The van der Waals surface area contributed by atoms with Crippen molar-refractivity contribution in [1.29, 1.82) is 0 Å². The van der Waals surface area contributed by atoms with Gasteiger partial charge in [-0.1, -0.05) is 0 Å². The van der Waals surface area contributed by atoms with Crippen molar-refractivity contribution in [3.63, 3.8) is 0 Å². The topological polar surface area (TPSA) is 104 Å². The summed E-state index contributed by atoms with van der Waals surface area (Å²) in [5.41, 5.74) is -2.70. The number of carbonyl (C=O) groups excluding carboxylic acids is 1. The summed E-state index contributed by atoms with van der Waals surface area (Å²) < 4.78 is 52.9. The maximum Gasteiger partial charge on any atom is 0.428 e. The zero-order valence-corrected chi connectivity index (χ0v) is 19.6. The van der Waals surface area contributed by atoms with E-state index in [9.17, 15) is 27.6 Å². The number of aryl methyl sites for hydroxylation is 1. The van der Waals surface area contributed by atoms with Crippen molar-refractivity contribution in [3.05, 3.63) is 31.3 Å². The van der Waals surface area contributed by atoms with E-state index in [4.69, 9.17) is 9.47 Å². The van der Waals surface area contributed by atoms with Gasteiger partial charge in [-0.25, -0.2) is 19.6 Å². The number of thiophene rings is 1. The van der Waals surface area contributed by atoms with Crippen LogP contribution >= 0.6 is 11.3 Å². The number of nitrogens with zero attached hydrogens (tertiary/aromatic N) is 3. The number of rotatable bonds is 6. The quantitative estimate of drug-likeness (QED) is 0.495. The van der Waals surface area contributed by atoms with Crippen molar-refractivity contribution in [1.82, 2.24) is 14.6 Å². The van der Waals surface area contributed by atoms with Gasteiger partial charge in [-0.2, -0.15) is 18.3 Å². The van der Waals surface area contributed by atoms with Crippen LogP contribution in [0.15, 0.2) is 14.7 Å². The van der Waals surface area contributed by atoms with Gasteiger partial charge in [0.05, 0.1) is 29.6 Å². The molecule has 2 heterocycles. The molecule has 13 heteroatoms. The number of amides is 1. The summed E-state index contributed by atoms with van der Waals surface area (Å²) in [4.78, 5) is 38.6. The molecule has 0 bridgehead atoms. The first-order valence-electron chi connectivity index (χ1n) is 10.1. The van der Waals surface area contributed by atoms with Crippen molar-refractivity contribution in [2.75, 3.05) is 13.7 Å². The summed E-state index contributed by atoms with van der Waals surface area (Å²) in [7, 11) is 1.40. The zero-order valence-electron chi connectivity index (χ0n) is 18.8. The van der Waals surface area contributed by atoms with E-state index < -0.39 is 34.7 Å². The van der Waals surface area contributed by atoms with E-state index in [1.165, 1.54) is 13.3 Å². The number of carbonyl (C=O) groups is 1. The number of nitrogens with one attached hydrogen (secondary N) is 1. The number of halogens is 3. The molecule has 33 heavy (non-hydrogen) atoms. The second kappa shape index (κ2) is 8.60. The third-order valence-electron chi connectivity index (χ3n) is 5.18. The molecule has 1 saturated carbocycles. The molecule has 1 aliphatic rings. The molecule has 0 unspecified atom stereocenters. The normalized spacial score (nSPS) is 15.9. The molecular weight excluding hydrogens is 465 g/mol. The predicted molar refractivity (Wildman–Crippen MR) is 117 cm³/mol. The van der Waals surface area contributed by atoms with Crippen LogP contribution in [-0.2, 0) is 21.6 Å². The van der Waals surface area contributed by atoms with Gasteiger partial charge < -0.3 is 9.47 Å². The first-order chi connectivity index (χ1) is 15.2. The lowest BCUT2D eigenvalue weighted by Crippen LogP contribution is -2.51. The standard InChI is InChI=1S/C20H25F3N4O5S/c1-11-12(10-24-25-16(29)32-18(2,3)4)33-15-13(11)14(28)27(17(30)26(15)8-9-31-5)19(6-7-19)20(21,22)23/h10H,6-9H2,1-5H3,(H,25,29). The van der Waals surface area contributed by atoms with Gasteiger partial charge in [0.15, 0.2) is 0 Å². The second-order valence-corrected chi connectivity index (χ2v) is 9.77. The molecule has 1 N–H and O–H groups in total. The minimum Gasteiger partial charge on any atom is -0.443 e. The molecule has 0 saturated heterocycles. The van der Waals surface area contributed by atoms with Gasteiger partial charge in [0.25, 0.3) is 5.56 Å². The lowest BCUT2D eigenvalue weighted by atomic mass is 10.2. The molecule has 9 nitrogen and oxygen atoms in total. The molecule has 182 valence electrons. The van der Waals surface area contributed by atoms with E-state index in [2.05, 4.69) is 10.5 Å². The van der Waals surface area contributed by atoms with E-state index in [1.807, 2.05) is 0 Å². The van der Waals surface area contributed by atoms with Gasteiger partial charge in [0.1, 0.15) is 16.0 Å². The Hall–Kier alpha value is -2.67. The molecule has 2 aromatic heterocycles. The summed E-state index contributed by atoms with van der Waals surface area (Å²) in [6.07, 6.45) is -4.95. The molecule has 0 spiro atoms. The van der Waals surface area contributed by atoms with Crippen molar-refractivity contribution in [2.24, 2.45) is 5.10 Å². The Bertz CT molecular complexity index is 1220. The van der Waals surface area contributed by atoms with Crippen LogP contribution in [0.25, 0.3) is 10.2 Å². The van der Waals surface area contributed by atoms with Crippen LogP contribution in [0.4, 0.5) is 18.0 Å². The lowest BCUT2D eigenvalue weighted by molar-refractivity contribution is -0.181. The molecule has 0 radical (unpaired) electrons. The fourth-order valence-corrected chi connectivity index (χ4v) is 4.63. The summed E-state index contributed by atoms with van der Waals surface area (Å²) >= 11 is 1.01. The molecule has 1 aliphatic carbocycles. The first kappa shape index (κ1) is 25.0. The Labute approximate surface area is 190 Å². The van der Waals surface area contributed by atoms with Crippen molar-refractivity contribution >= 4 is 33.9 Å². The van der Waals surface area contributed by atoms with Crippen LogP contribution in [0.2, 0.25) is 0 Å². The third kappa shape index (κ3) is 4.69. The highest BCUT2D eigenvalue weighted by molar-refractivity contribution is 7.20. The van der Waals surface area contributed by atoms with Crippen LogP contribution in [0, 0.1) is 6.92 Å². The van der Waals surface area contributed by atoms with E-state index in [0.717, 1.165) is 15.9 Å². The van der Waals surface area contributed by atoms with Crippen molar-refractivity contribution in [2.45, 2.75) is 64.4 Å². The SMILES string of the molecule is COCCn1c(=O)n(C2(C(F)(F)F)CC2)c(=O)c2c(C)c(C=NNC(=O)OC(C)(C)C)sc21. The molecule has 0 atom stereocenters. The number of fused-ring (bicyclic) bond motifs is 1. The molecule has 0 aromatic carbocycles. The Morgan fingerprint density at radius 1 is 1.27 bits per heavy atom. The summed E-state index contributed by atoms with van der Waals surface area (Å²) in [6, 6.07) is 0. The van der Waals surface area contributed by atoms with Crippen molar-refractivity contribution in [3.8, 4) is 0 Å². The average Bonchev–Trinajstić information content (AvgIpc) is 3.40. The second-order valence-electron chi connectivity index (χ2n) is 8.74. The maximum atomic E-state index is 13.8. The van der Waals surface area contributed by atoms with E-state index in [1.54, 1.807) is 27.7 Å². The number of hydrogen-bond donors (Lipinski definition) is 1. The summed E-state index contributed by atoms with van der Waals surface area (Å²) in [5, 5.41) is 3.81. The molecule has 2 aromatic rings. The smallest absolute Gasteiger partial charge is 0.428 e. The summed E-state index contributed by atoms with van der Waals surface area (Å²) in [6.45, 7) is 6.64. The highest BCUT2D eigenvalue weighted by Crippen LogP contribution is 2.54. The molecule has 1 amide bonds. The Morgan fingerprint density at radius 3 is 2.42 bits per heavy atom. The number of aromatic nitrogens is 2. The van der Waals surface area contributed by atoms with Gasteiger partial charge in [0.2, 0.25) is 0 Å². The highest BCUT2D eigenvalue weighted by atomic mass is 32.1. The van der Waals surface area contributed by atoms with Crippen LogP contribution in [0.3, 0.4) is 0 Å². The minimum absolute atomic E-state index is 0.00458. The molecular formula is C20H25F3N4O5S. The Kier molecular flexibility index (Phi) is 6.50. The Morgan fingerprint density at radius 2 is 1.91 bits per heavy atom. The number of alkyl halides is 3. The van der Waals surface area contributed by atoms with E-state index in [-0.39, 0.29) is 36.2 Å². The van der Waals surface area contributed by atoms with Gasteiger partial charge in [-0.05, 0) is 46.1 Å². The molecule has 1 fully saturated rings. The highest BCUT2D eigenvalue weighted by Gasteiger charge is 2.66. The lowest BCUT2D eigenvalue weighted by Gasteiger charge is -2.22. The average molecular weight is 491 g/mol. The molecule has 0 aliphatic heterocycles. The van der Waals surface area contributed by atoms with Gasteiger partial charge >= 0.3 is 18.0 Å². The number of ether oxygens (including phenoxy) is 2. The van der Waals surface area contributed by atoms with Gasteiger partial charge in [0, 0.05) is 7.11 Å². The Balaban J connectivity index is 2.12. The maximum absolute atomic E-state index is 13.8. The number of hydrogen-bond acceptors (Lipinski definition) is 7.